The Hall–Kier alpha value is -1.69. The summed E-state index contributed by atoms with van der Waals surface area (Å²) < 4.78 is 50.6. The molecular formula is C14H16ClN3O6S2. The maximum absolute atomic E-state index is 12.6. The molecule has 26 heavy (non-hydrogen) atoms. The number of hydrogen-bond acceptors (Lipinski definition) is 6. The standard InChI is InChI=1S/C14H16ClN3O6S2/c1-7-13(19)16-10-3-2-8(4-11(10)17-14(7)20)26(23,24)18-12-6-25(21,22)5-9(12)15/h2-4,7,9,12,18H,5-6H2,1H3,(H,16,19)(H,17,20). The minimum absolute atomic E-state index is 0.136. The van der Waals surface area contributed by atoms with Crippen molar-refractivity contribution >= 4 is 54.7 Å². The fourth-order valence-electron chi connectivity index (χ4n) is 2.68. The van der Waals surface area contributed by atoms with Gasteiger partial charge in [0.05, 0.1) is 39.2 Å². The zero-order valence-electron chi connectivity index (χ0n) is 13.5. The quantitative estimate of drug-likeness (QED) is 0.460. The van der Waals surface area contributed by atoms with Crippen LogP contribution in [0.5, 0.6) is 0 Å². The van der Waals surface area contributed by atoms with Crippen LogP contribution in [0.15, 0.2) is 23.1 Å². The highest BCUT2D eigenvalue weighted by Gasteiger charge is 2.39. The van der Waals surface area contributed by atoms with E-state index in [2.05, 4.69) is 15.4 Å². The van der Waals surface area contributed by atoms with Crippen molar-refractivity contribution < 1.29 is 26.4 Å². The highest BCUT2D eigenvalue weighted by Crippen LogP contribution is 2.29. The van der Waals surface area contributed by atoms with Crippen LogP contribution in [0, 0.1) is 5.92 Å². The lowest BCUT2D eigenvalue weighted by Crippen LogP contribution is -2.40. The molecule has 9 nitrogen and oxygen atoms in total. The zero-order valence-corrected chi connectivity index (χ0v) is 15.9. The number of alkyl halides is 1. The third kappa shape index (κ3) is 3.70. The number of nitrogens with one attached hydrogen (secondary N) is 3. The molecule has 0 radical (unpaired) electrons. The Kier molecular flexibility index (Phi) is 4.76. The van der Waals surface area contributed by atoms with Gasteiger partial charge in [0.15, 0.2) is 9.84 Å². The summed E-state index contributed by atoms with van der Waals surface area (Å²) in [5.74, 6) is -2.68. The van der Waals surface area contributed by atoms with Crippen LogP contribution >= 0.6 is 11.6 Å². The number of sulfonamides is 1. The van der Waals surface area contributed by atoms with E-state index in [1.54, 1.807) is 0 Å². The largest absolute Gasteiger partial charge is 0.324 e. The Labute approximate surface area is 155 Å². The van der Waals surface area contributed by atoms with Gasteiger partial charge in [-0.1, -0.05) is 0 Å². The maximum atomic E-state index is 12.6. The molecular weight excluding hydrogens is 406 g/mol. The van der Waals surface area contributed by atoms with Gasteiger partial charge < -0.3 is 10.6 Å². The van der Waals surface area contributed by atoms with Crippen molar-refractivity contribution in [2.45, 2.75) is 23.2 Å². The number of carbonyl (C=O) groups is 2. The summed E-state index contributed by atoms with van der Waals surface area (Å²) in [4.78, 5) is 23.6. The van der Waals surface area contributed by atoms with E-state index < -0.39 is 49.0 Å². The van der Waals surface area contributed by atoms with Gasteiger partial charge in [-0.25, -0.2) is 21.6 Å². The van der Waals surface area contributed by atoms with Gasteiger partial charge in [0.2, 0.25) is 21.8 Å². The van der Waals surface area contributed by atoms with Crippen LogP contribution < -0.4 is 15.4 Å². The third-order valence-corrected chi connectivity index (χ3v) is 8.06. The van der Waals surface area contributed by atoms with E-state index >= 15 is 0 Å². The molecule has 1 aromatic rings. The first kappa shape index (κ1) is 19.1. The second-order valence-corrected chi connectivity index (χ2v) is 10.7. The maximum Gasteiger partial charge on any atom is 0.240 e. The lowest BCUT2D eigenvalue weighted by atomic mass is 10.1. The molecule has 0 bridgehead atoms. The van der Waals surface area contributed by atoms with E-state index in [9.17, 15) is 26.4 Å². The molecule has 142 valence electrons. The fraction of sp³-hybridized carbons (Fsp3) is 0.429. The molecule has 2 amide bonds. The monoisotopic (exact) mass is 421 g/mol. The average molecular weight is 422 g/mol. The van der Waals surface area contributed by atoms with Crippen LogP contribution in [0.2, 0.25) is 0 Å². The smallest absolute Gasteiger partial charge is 0.240 e. The van der Waals surface area contributed by atoms with Crippen LogP contribution in [-0.4, -0.2) is 51.6 Å². The molecule has 3 rings (SSSR count). The van der Waals surface area contributed by atoms with E-state index in [4.69, 9.17) is 11.6 Å². The molecule has 1 fully saturated rings. The van der Waals surface area contributed by atoms with Gasteiger partial charge in [-0.3, -0.25) is 9.59 Å². The summed E-state index contributed by atoms with van der Waals surface area (Å²) in [7, 11) is -7.48. The summed E-state index contributed by atoms with van der Waals surface area (Å²) in [5.41, 5.74) is 0.405. The Morgan fingerprint density at radius 3 is 2.31 bits per heavy atom. The normalized spacial score (nSPS) is 28.0. The molecule has 0 spiro atoms. The number of hydrogen-bond donors (Lipinski definition) is 3. The first-order valence-corrected chi connectivity index (χ1v) is 11.4. The Bertz CT molecular complexity index is 992. The Morgan fingerprint density at radius 2 is 1.73 bits per heavy atom. The molecule has 2 aliphatic rings. The fourth-order valence-corrected chi connectivity index (χ4v) is 6.72. The second kappa shape index (κ2) is 6.48. The van der Waals surface area contributed by atoms with Gasteiger partial charge in [-0.2, -0.15) is 0 Å². The second-order valence-electron chi connectivity index (χ2n) is 6.23. The lowest BCUT2D eigenvalue weighted by molar-refractivity contribution is -0.128. The molecule has 12 heteroatoms. The van der Waals surface area contributed by atoms with Crippen molar-refractivity contribution in [2.75, 3.05) is 22.1 Å². The Balaban J connectivity index is 1.89. The van der Waals surface area contributed by atoms with Gasteiger partial charge >= 0.3 is 0 Å². The summed E-state index contributed by atoms with van der Waals surface area (Å²) in [6, 6.07) is 2.85. The lowest BCUT2D eigenvalue weighted by Gasteiger charge is -2.16. The molecule has 3 N–H and O–H groups in total. The average Bonchev–Trinajstić information content (AvgIpc) is 2.72. The predicted molar refractivity (Wildman–Crippen MR) is 95.3 cm³/mol. The third-order valence-electron chi connectivity index (χ3n) is 4.19. The van der Waals surface area contributed by atoms with Gasteiger partial charge in [0, 0.05) is 0 Å². The molecule has 3 atom stereocenters. The number of amides is 2. The van der Waals surface area contributed by atoms with Crippen molar-refractivity contribution in [2.24, 2.45) is 5.92 Å². The van der Waals surface area contributed by atoms with Crippen LogP contribution in [0.1, 0.15) is 6.92 Å². The minimum atomic E-state index is -4.08. The summed E-state index contributed by atoms with van der Waals surface area (Å²) in [6.45, 7) is 1.43. The van der Waals surface area contributed by atoms with Crippen molar-refractivity contribution in [3.05, 3.63) is 18.2 Å². The van der Waals surface area contributed by atoms with Crippen molar-refractivity contribution in [1.29, 1.82) is 0 Å². The minimum Gasteiger partial charge on any atom is -0.324 e. The highest BCUT2D eigenvalue weighted by atomic mass is 35.5. The SMILES string of the molecule is CC1C(=O)Nc2ccc(S(=O)(=O)NC3CS(=O)(=O)CC3Cl)cc2NC1=O. The number of halogens is 1. The van der Waals surface area contributed by atoms with Crippen molar-refractivity contribution in [3.63, 3.8) is 0 Å². The molecule has 2 aliphatic heterocycles. The van der Waals surface area contributed by atoms with Crippen LogP contribution in [0.4, 0.5) is 11.4 Å². The van der Waals surface area contributed by atoms with Crippen molar-refractivity contribution in [3.8, 4) is 0 Å². The van der Waals surface area contributed by atoms with Crippen LogP contribution in [0.25, 0.3) is 0 Å². The predicted octanol–water partition coefficient (Wildman–Crippen LogP) is -0.104. The molecule has 0 saturated carbocycles. The van der Waals surface area contributed by atoms with Gasteiger partial charge in [0.1, 0.15) is 5.92 Å². The van der Waals surface area contributed by atoms with E-state index in [1.807, 2.05) is 0 Å². The number of carbonyl (C=O) groups excluding carboxylic acids is 2. The number of rotatable bonds is 3. The van der Waals surface area contributed by atoms with E-state index in [1.165, 1.54) is 25.1 Å². The van der Waals surface area contributed by atoms with E-state index in [0.717, 1.165) is 0 Å². The van der Waals surface area contributed by atoms with E-state index in [-0.39, 0.29) is 27.8 Å². The van der Waals surface area contributed by atoms with Gasteiger partial charge in [-0.05, 0) is 25.1 Å². The Morgan fingerprint density at radius 1 is 1.12 bits per heavy atom. The molecule has 3 unspecified atom stereocenters. The van der Waals surface area contributed by atoms with E-state index in [0.29, 0.717) is 0 Å². The summed E-state index contributed by atoms with van der Waals surface area (Å²) >= 11 is 5.93. The molecule has 1 saturated heterocycles. The topological polar surface area (TPSA) is 139 Å². The zero-order chi connectivity index (χ0) is 19.3. The number of anilines is 2. The first-order valence-electron chi connectivity index (χ1n) is 7.61. The van der Waals surface area contributed by atoms with Crippen LogP contribution in [0.3, 0.4) is 0 Å². The summed E-state index contributed by atoms with van der Waals surface area (Å²) in [6.07, 6.45) is 0. The van der Waals surface area contributed by atoms with Crippen LogP contribution in [-0.2, 0) is 29.4 Å². The van der Waals surface area contributed by atoms with Gasteiger partial charge in [0.25, 0.3) is 0 Å². The van der Waals surface area contributed by atoms with Gasteiger partial charge in [-0.15, -0.1) is 11.6 Å². The molecule has 2 heterocycles. The molecule has 0 aliphatic carbocycles. The summed E-state index contributed by atoms with van der Waals surface area (Å²) in [5, 5.41) is 4.16. The first-order chi connectivity index (χ1) is 12.0. The number of benzene rings is 1. The number of sulfone groups is 1. The molecule has 0 aromatic heterocycles. The van der Waals surface area contributed by atoms with Crippen molar-refractivity contribution in [1.82, 2.24) is 4.72 Å². The highest BCUT2D eigenvalue weighted by molar-refractivity contribution is 7.92. The molecule has 1 aromatic carbocycles. The number of fused-ring (bicyclic) bond motifs is 1.